The lowest BCUT2D eigenvalue weighted by molar-refractivity contribution is 0.248. The lowest BCUT2D eigenvalue weighted by Gasteiger charge is -2.48. The quantitative estimate of drug-likeness (QED) is 0.166. The largest absolute Gasteiger partial charge is 0.460 e. The van der Waals surface area contributed by atoms with Crippen molar-refractivity contribution < 1.29 is 4.74 Å². The molecule has 0 N–H and O–H groups in total. The van der Waals surface area contributed by atoms with E-state index < -0.39 is 5.41 Å². The molecule has 258 valence electrons. The predicted octanol–water partition coefficient (Wildman–Crippen LogP) is 13.1. The van der Waals surface area contributed by atoms with E-state index in [2.05, 4.69) is 176 Å². The van der Waals surface area contributed by atoms with E-state index in [9.17, 15) is 0 Å². The second-order valence-electron chi connectivity index (χ2n) is 16.0. The van der Waals surface area contributed by atoms with Gasteiger partial charge in [0.05, 0.1) is 10.8 Å². The van der Waals surface area contributed by atoms with Crippen molar-refractivity contribution >= 4 is 16.3 Å². The number of para-hydroxylation sites is 1. The van der Waals surface area contributed by atoms with Gasteiger partial charge in [-0.25, -0.2) is 0 Å². The van der Waals surface area contributed by atoms with Crippen LogP contribution in [0.2, 0.25) is 0 Å². The number of ether oxygens (including phenoxy) is 1. The van der Waals surface area contributed by atoms with Crippen LogP contribution in [0.15, 0.2) is 187 Å². The Bertz CT molecular complexity index is 3000. The molecule has 7 aromatic carbocycles. The van der Waals surface area contributed by atoms with Gasteiger partial charge in [0.25, 0.3) is 0 Å². The fraction of sp³-hybridized carbons (Fsp3) is 0.111. The normalized spacial score (nSPS) is 22.7. The van der Waals surface area contributed by atoms with E-state index >= 15 is 0 Å². The maximum absolute atomic E-state index is 7.31. The summed E-state index contributed by atoms with van der Waals surface area (Å²) in [5.74, 6) is 2.28. The van der Waals surface area contributed by atoms with E-state index in [1.54, 1.807) is 5.57 Å². The number of rotatable bonds is 1. The molecule has 1 aliphatic heterocycles. The monoisotopic (exact) mass is 700 g/mol. The van der Waals surface area contributed by atoms with Crippen LogP contribution in [0.3, 0.4) is 0 Å². The van der Waals surface area contributed by atoms with Crippen molar-refractivity contribution in [3.63, 3.8) is 0 Å². The first-order valence-electron chi connectivity index (χ1n) is 19.8. The maximum atomic E-state index is 7.31. The van der Waals surface area contributed by atoms with Crippen LogP contribution < -0.4 is 4.74 Å². The van der Waals surface area contributed by atoms with Crippen LogP contribution in [0.1, 0.15) is 58.2 Å². The van der Waals surface area contributed by atoms with Crippen molar-refractivity contribution in [2.75, 3.05) is 0 Å². The molecule has 55 heavy (non-hydrogen) atoms. The third kappa shape index (κ3) is 3.47. The number of allylic oxidation sites excluding steroid dienone is 8. The Morgan fingerprint density at radius 3 is 2.02 bits per heavy atom. The van der Waals surface area contributed by atoms with E-state index in [0.717, 1.165) is 36.3 Å². The summed E-state index contributed by atoms with van der Waals surface area (Å²) in [5.41, 5.74) is 19.3. The molecule has 0 saturated carbocycles. The summed E-state index contributed by atoms with van der Waals surface area (Å²) in [6.07, 6.45) is 14.6. The van der Waals surface area contributed by atoms with Crippen LogP contribution in [0.25, 0.3) is 49.7 Å². The molecule has 3 unspecified atom stereocenters. The minimum Gasteiger partial charge on any atom is -0.460 e. The molecule has 1 heterocycles. The van der Waals surface area contributed by atoms with Gasteiger partial charge in [-0.1, -0.05) is 170 Å². The Balaban J connectivity index is 1.14. The molecule has 0 aromatic heterocycles. The summed E-state index contributed by atoms with van der Waals surface area (Å²) in [6, 6.07) is 55.3. The zero-order chi connectivity index (χ0) is 35.9. The Hall–Kier alpha value is -6.44. The van der Waals surface area contributed by atoms with Gasteiger partial charge in [0, 0.05) is 17.0 Å². The van der Waals surface area contributed by atoms with Crippen LogP contribution in [0.4, 0.5) is 0 Å². The number of hydrogen-bond acceptors (Lipinski definition) is 1. The molecule has 13 rings (SSSR count). The van der Waals surface area contributed by atoms with Crippen LogP contribution in [-0.4, -0.2) is 0 Å². The van der Waals surface area contributed by atoms with Crippen molar-refractivity contribution in [1.82, 2.24) is 0 Å². The standard InChI is InChI=1S/C54H36O/c1-5-24-41-34(17-1)35-18-2-6-25-42(35)53(41)45-28-9-10-32-49(45)55-52-39(23-14-31-48(52)53)38-22-13-30-47-51(38)40-20-4-8-27-44(40)54(47)43-26-7-3-19-36(43)37-21-11-15-33-16-12-29-46(54)50(33)37/h1-5,7-24,26-27,29-32,45H,6,25,28H2. The van der Waals surface area contributed by atoms with Gasteiger partial charge in [0.2, 0.25) is 0 Å². The Morgan fingerprint density at radius 2 is 1.15 bits per heavy atom. The van der Waals surface area contributed by atoms with Gasteiger partial charge in [-0.3, -0.25) is 0 Å². The zero-order valence-corrected chi connectivity index (χ0v) is 30.4. The number of benzene rings is 7. The van der Waals surface area contributed by atoms with Gasteiger partial charge in [-0.15, -0.1) is 0 Å². The summed E-state index contributed by atoms with van der Waals surface area (Å²) in [6.45, 7) is 0. The lowest BCUT2D eigenvalue weighted by atomic mass is 9.58. The first-order chi connectivity index (χ1) is 27.3. The van der Waals surface area contributed by atoms with E-state index in [-0.39, 0.29) is 11.3 Å². The Kier molecular flexibility index (Phi) is 5.78. The lowest BCUT2D eigenvalue weighted by Crippen LogP contribution is -2.43. The molecule has 0 fully saturated rings. The highest BCUT2D eigenvalue weighted by Crippen LogP contribution is 2.67. The molecule has 1 heteroatoms. The fourth-order valence-corrected chi connectivity index (χ4v) is 12.0. The average molecular weight is 701 g/mol. The van der Waals surface area contributed by atoms with E-state index in [1.165, 1.54) is 83.1 Å². The third-order valence-corrected chi connectivity index (χ3v) is 13.9. The summed E-state index contributed by atoms with van der Waals surface area (Å²) in [5, 5.41) is 2.64. The molecular formula is C54H36O. The highest BCUT2D eigenvalue weighted by atomic mass is 16.5. The van der Waals surface area contributed by atoms with Crippen molar-refractivity contribution in [3.05, 3.63) is 226 Å². The van der Waals surface area contributed by atoms with E-state index in [4.69, 9.17) is 4.74 Å². The van der Waals surface area contributed by atoms with Crippen LogP contribution in [-0.2, 0) is 10.8 Å². The van der Waals surface area contributed by atoms with Crippen molar-refractivity contribution in [1.29, 1.82) is 0 Å². The third-order valence-electron chi connectivity index (χ3n) is 13.9. The molecule has 5 aliphatic carbocycles. The fourth-order valence-electron chi connectivity index (χ4n) is 12.0. The van der Waals surface area contributed by atoms with Gasteiger partial charge >= 0.3 is 0 Å². The zero-order valence-electron chi connectivity index (χ0n) is 30.4. The molecule has 3 atom stereocenters. The van der Waals surface area contributed by atoms with E-state index in [1.807, 2.05) is 0 Å². The highest BCUT2D eigenvalue weighted by Gasteiger charge is 2.57. The SMILES string of the molecule is C1=CCC2C(=C1)Oc1c(-c3cccc4c3-c3ccccc3C43c4ccccc4-c4cccc5cccc3c45)cccc1C21C2=C(C=CCC2)c2ccccc21. The maximum Gasteiger partial charge on any atom is 0.139 e. The molecule has 0 radical (unpaired) electrons. The first-order valence-corrected chi connectivity index (χ1v) is 19.8. The van der Waals surface area contributed by atoms with Gasteiger partial charge in [0.15, 0.2) is 0 Å². The summed E-state index contributed by atoms with van der Waals surface area (Å²) >= 11 is 0. The topological polar surface area (TPSA) is 9.23 Å². The van der Waals surface area contributed by atoms with Crippen molar-refractivity contribution in [3.8, 4) is 39.1 Å². The minimum absolute atomic E-state index is 0.199. The Morgan fingerprint density at radius 1 is 0.509 bits per heavy atom. The van der Waals surface area contributed by atoms with Gasteiger partial charge in [-0.2, -0.15) is 0 Å². The summed E-state index contributed by atoms with van der Waals surface area (Å²) in [4.78, 5) is 0. The second-order valence-corrected chi connectivity index (χ2v) is 16.0. The minimum atomic E-state index is -0.469. The molecule has 7 aromatic rings. The van der Waals surface area contributed by atoms with E-state index in [0.29, 0.717) is 0 Å². The van der Waals surface area contributed by atoms with Gasteiger partial charge < -0.3 is 4.74 Å². The van der Waals surface area contributed by atoms with Crippen LogP contribution >= 0.6 is 0 Å². The predicted molar refractivity (Wildman–Crippen MR) is 224 cm³/mol. The molecule has 2 spiro atoms. The smallest absolute Gasteiger partial charge is 0.139 e. The highest BCUT2D eigenvalue weighted by molar-refractivity contribution is 6.08. The van der Waals surface area contributed by atoms with Crippen LogP contribution in [0.5, 0.6) is 5.75 Å². The first kappa shape index (κ1) is 29.9. The number of hydrogen-bond donors (Lipinski definition) is 0. The molecule has 6 aliphatic rings. The second kappa shape index (κ2) is 10.6. The molecular weight excluding hydrogens is 665 g/mol. The van der Waals surface area contributed by atoms with Gasteiger partial charge in [0.1, 0.15) is 11.5 Å². The van der Waals surface area contributed by atoms with Gasteiger partial charge in [-0.05, 0) is 108 Å². The van der Waals surface area contributed by atoms with Crippen molar-refractivity contribution in [2.24, 2.45) is 5.92 Å². The molecule has 0 bridgehead atoms. The summed E-state index contributed by atoms with van der Waals surface area (Å²) in [7, 11) is 0. The Labute approximate surface area is 321 Å². The molecule has 1 nitrogen and oxygen atoms in total. The summed E-state index contributed by atoms with van der Waals surface area (Å²) < 4.78 is 7.31. The average Bonchev–Trinajstić information content (AvgIpc) is 3.72. The number of fused-ring (bicyclic) bond motifs is 17. The molecule has 0 saturated heterocycles. The van der Waals surface area contributed by atoms with Crippen molar-refractivity contribution in [2.45, 2.75) is 30.1 Å². The van der Waals surface area contributed by atoms with Crippen LogP contribution in [0, 0.1) is 5.92 Å². The molecule has 0 amide bonds.